The van der Waals surface area contributed by atoms with Crippen LogP contribution in [0.15, 0.2) is 53.1 Å². The zero-order valence-electron chi connectivity index (χ0n) is 17.7. The Labute approximate surface area is 176 Å². The highest BCUT2D eigenvalue weighted by molar-refractivity contribution is 5.86. The van der Waals surface area contributed by atoms with Crippen molar-refractivity contribution in [1.82, 2.24) is 15.1 Å². The van der Waals surface area contributed by atoms with Crippen LogP contribution >= 0.6 is 0 Å². The van der Waals surface area contributed by atoms with E-state index in [1.54, 1.807) is 30.2 Å². The molecule has 0 fully saturated rings. The fraction of sp³-hybridized carbons (Fsp3) is 0.409. The summed E-state index contributed by atoms with van der Waals surface area (Å²) in [6.45, 7) is 5.86. The standard InChI is InChI=1S/C22H29N3O5/c1-4-29-21(27)13-23-22(28)25(17(2)3)16-20(26)24(15-19-11-8-12-30-19)14-18-9-6-5-7-10-18/h5-12,17H,4,13-16H2,1-3H3,(H,23,28). The van der Waals surface area contributed by atoms with E-state index in [0.29, 0.717) is 12.3 Å². The third-order valence-electron chi connectivity index (χ3n) is 4.37. The van der Waals surface area contributed by atoms with Crippen molar-refractivity contribution in [2.45, 2.75) is 39.9 Å². The Hall–Kier alpha value is -3.29. The monoisotopic (exact) mass is 415 g/mol. The van der Waals surface area contributed by atoms with Crippen molar-refractivity contribution >= 4 is 17.9 Å². The van der Waals surface area contributed by atoms with Gasteiger partial charge in [0.2, 0.25) is 5.91 Å². The quantitative estimate of drug-likeness (QED) is 0.603. The second kappa shape index (κ2) is 11.6. The number of furan rings is 1. The first kappa shape index (κ1) is 23.0. The summed E-state index contributed by atoms with van der Waals surface area (Å²) in [5.74, 6) is -0.0956. The first-order valence-corrected chi connectivity index (χ1v) is 9.94. The van der Waals surface area contributed by atoms with E-state index in [9.17, 15) is 14.4 Å². The van der Waals surface area contributed by atoms with E-state index >= 15 is 0 Å². The number of carbonyl (C=O) groups is 3. The Morgan fingerprint density at radius 1 is 1.07 bits per heavy atom. The van der Waals surface area contributed by atoms with Crippen molar-refractivity contribution in [3.63, 3.8) is 0 Å². The van der Waals surface area contributed by atoms with Crippen LogP contribution in [0.3, 0.4) is 0 Å². The van der Waals surface area contributed by atoms with Crippen molar-refractivity contribution in [2.24, 2.45) is 0 Å². The molecule has 2 aromatic rings. The third kappa shape index (κ3) is 7.27. The maximum atomic E-state index is 13.1. The van der Waals surface area contributed by atoms with Gasteiger partial charge in [-0.05, 0) is 38.5 Å². The zero-order valence-corrected chi connectivity index (χ0v) is 17.7. The van der Waals surface area contributed by atoms with Crippen LogP contribution in [0.25, 0.3) is 0 Å². The normalized spacial score (nSPS) is 10.5. The van der Waals surface area contributed by atoms with Gasteiger partial charge in [0.05, 0.1) is 19.4 Å². The topological polar surface area (TPSA) is 92.1 Å². The number of esters is 1. The minimum Gasteiger partial charge on any atom is -0.467 e. The molecule has 0 unspecified atom stereocenters. The zero-order chi connectivity index (χ0) is 21.9. The number of carbonyl (C=O) groups excluding carboxylic acids is 3. The molecule has 1 N–H and O–H groups in total. The van der Waals surface area contributed by atoms with Gasteiger partial charge < -0.3 is 24.3 Å². The summed E-state index contributed by atoms with van der Waals surface area (Å²) in [6.07, 6.45) is 1.56. The van der Waals surface area contributed by atoms with Gasteiger partial charge in [-0.1, -0.05) is 30.3 Å². The first-order chi connectivity index (χ1) is 14.4. The summed E-state index contributed by atoms with van der Waals surface area (Å²) in [4.78, 5) is 40.2. The number of rotatable bonds is 10. The van der Waals surface area contributed by atoms with Crippen molar-refractivity contribution in [3.8, 4) is 0 Å². The summed E-state index contributed by atoms with van der Waals surface area (Å²) < 4.78 is 10.2. The highest BCUT2D eigenvalue weighted by Gasteiger charge is 2.24. The summed E-state index contributed by atoms with van der Waals surface area (Å²) >= 11 is 0. The SMILES string of the molecule is CCOC(=O)CNC(=O)N(CC(=O)N(Cc1ccccc1)Cc1ccco1)C(C)C. The molecule has 30 heavy (non-hydrogen) atoms. The molecule has 0 radical (unpaired) electrons. The number of urea groups is 1. The molecule has 1 aromatic heterocycles. The Morgan fingerprint density at radius 3 is 2.40 bits per heavy atom. The minimum atomic E-state index is -0.524. The largest absolute Gasteiger partial charge is 0.467 e. The van der Waals surface area contributed by atoms with Gasteiger partial charge in [-0.2, -0.15) is 0 Å². The molecule has 2 rings (SSSR count). The number of hydrogen-bond acceptors (Lipinski definition) is 5. The highest BCUT2D eigenvalue weighted by atomic mass is 16.5. The van der Waals surface area contributed by atoms with Crippen LogP contribution in [0.2, 0.25) is 0 Å². The van der Waals surface area contributed by atoms with Crippen molar-refractivity contribution < 1.29 is 23.5 Å². The number of nitrogens with one attached hydrogen (secondary N) is 1. The van der Waals surface area contributed by atoms with Gasteiger partial charge in [-0.15, -0.1) is 0 Å². The average molecular weight is 415 g/mol. The number of benzene rings is 1. The molecule has 1 heterocycles. The van der Waals surface area contributed by atoms with Gasteiger partial charge >= 0.3 is 12.0 Å². The molecule has 0 spiro atoms. The number of hydrogen-bond donors (Lipinski definition) is 1. The van der Waals surface area contributed by atoms with Crippen LogP contribution in [-0.2, 0) is 27.4 Å². The molecular weight excluding hydrogens is 386 g/mol. The molecular formula is C22H29N3O5. The minimum absolute atomic E-state index is 0.125. The van der Waals surface area contributed by atoms with E-state index in [0.717, 1.165) is 5.56 Å². The Kier molecular flexibility index (Phi) is 8.93. The van der Waals surface area contributed by atoms with E-state index in [2.05, 4.69) is 5.32 Å². The Balaban J connectivity index is 2.07. The van der Waals surface area contributed by atoms with Crippen LogP contribution in [-0.4, -0.2) is 53.4 Å². The highest BCUT2D eigenvalue weighted by Crippen LogP contribution is 2.12. The lowest BCUT2D eigenvalue weighted by molar-refractivity contribution is -0.141. The first-order valence-electron chi connectivity index (χ1n) is 9.94. The second-order valence-electron chi connectivity index (χ2n) is 7.00. The Bertz CT molecular complexity index is 805. The van der Waals surface area contributed by atoms with Gasteiger partial charge in [0, 0.05) is 12.6 Å². The van der Waals surface area contributed by atoms with Gasteiger partial charge in [-0.3, -0.25) is 9.59 Å². The van der Waals surface area contributed by atoms with E-state index in [-0.39, 0.29) is 38.2 Å². The lowest BCUT2D eigenvalue weighted by Crippen LogP contribution is -2.50. The van der Waals surface area contributed by atoms with Crippen molar-refractivity contribution in [2.75, 3.05) is 19.7 Å². The van der Waals surface area contributed by atoms with Crippen molar-refractivity contribution in [1.29, 1.82) is 0 Å². The number of amides is 3. The smallest absolute Gasteiger partial charge is 0.325 e. The van der Waals surface area contributed by atoms with Gasteiger partial charge in [0.15, 0.2) is 0 Å². The maximum Gasteiger partial charge on any atom is 0.325 e. The van der Waals surface area contributed by atoms with E-state index in [4.69, 9.17) is 9.15 Å². The number of ether oxygens (including phenoxy) is 1. The lowest BCUT2D eigenvalue weighted by Gasteiger charge is -2.30. The molecule has 1 aromatic carbocycles. The predicted octanol–water partition coefficient (Wildman–Crippen LogP) is 2.79. The van der Waals surface area contributed by atoms with Gasteiger partial charge in [0.1, 0.15) is 18.8 Å². The lowest BCUT2D eigenvalue weighted by atomic mass is 10.2. The van der Waals surface area contributed by atoms with Crippen LogP contribution < -0.4 is 5.32 Å². The summed E-state index contributed by atoms with van der Waals surface area (Å²) in [7, 11) is 0. The molecule has 3 amide bonds. The van der Waals surface area contributed by atoms with E-state index in [1.807, 2.05) is 44.2 Å². The molecule has 0 saturated carbocycles. The fourth-order valence-corrected chi connectivity index (χ4v) is 2.82. The molecule has 0 saturated heterocycles. The summed E-state index contributed by atoms with van der Waals surface area (Å²) in [5, 5.41) is 2.51. The molecule has 0 bridgehead atoms. The third-order valence-corrected chi connectivity index (χ3v) is 4.37. The fourth-order valence-electron chi connectivity index (χ4n) is 2.82. The summed E-state index contributed by atoms with van der Waals surface area (Å²) in [5.41, 5.74) is 0.972. The summed E-state index contributed by atoms with van der Waals surface area (Å²) in [6, 6.07) is 12.5. The molecule has 0 aliphatic rings. The molecule has 0 atom stereocenters. The molecule has 162 valence electrons. The van der Waals surface area contributed by atoms with Gasteiger partial charge in [0.25, 0.3) is 0 Å². The Morgan fingerprint density at radius 2 is 1.80 bits per heavy atom. The predicted molar refractivity (Wildman–Crippen MR) is 111 cm³/mol. The van der Waals surface area contributed by atoms with E-state index < -0.39 is 12.0 Å². The molecule has 0 aliphatic heterocycles. The molecule has 8 nitrogen and oxygen atoms in total. The van der Waals surface area contributed by atoms with Crippen LogP contribution in [0.4, 0.5) is 4.79 Å². The van der Waals surface area contributed by atoms with E-state index in [1.165, 1.54) is 4.90 Å². The number of nitrogens with zero attached hydrogens (tertiary/aromatic N) is 2. The van der Waals surface area contributed by atoms with Crippen LogP contribution in [0.5, 0.6) is 0 Å². The maximum absolute atomic E-state index is 13.1. The average Bonchev–Trinajstić information content (AvgIpc) is 3.23. The molecule has 8 heteroatoms. The van der Waals surface area contributed by atoms with Gasteiger partial charge in [-0.25, -0.2) is 4.79 Å². The van der Waals surface area contributed by atoms with Crippen LogP contribution in [0.1, 0.15) is 32.1 Å². The van der Waals surface area contributed by atoms with Crippen molar-refractivity contribution in [3.05, 3.63) is 60.1 Å². The molecule has 0 aliphatic carbocycles. The second-order valence-corrected chi connectivity index (χ2v) is 7.00. The van der Waals surface area contributed by atoms with Crippen LogP contribution in [0, 0.1) is 0 Å².